The van der Waals surface area contributed by atoms with Crippen LogP contribution in [0.25, 0.3) is 11.6 Å². The quantitative estimate of drug-likeness (QED) is 0.473. The molecule has 2 aliphatic rings. The van der Waals surface area contributed by atoms with Gasteiger partial charge in [0, 0.05) is 0 Å². The molecule has 31 heavy (non-hydrogen) atoms. The Kier molecular flexibility index (Phi) is 5.57. The van der Waals surface area contributed by atoms with Gasteiger partial charge in [-0.25, -0.2) is 0 Å². The first-order valence-electron chi connectivity index (χ1n) is 12.2. The Morgan fingerprint density at radius 1 is 0.871 bits per heavy atom. The molecule has 0 fully saturated rings. The highest BCUT2D eigenvalue weighted by Gasteiger charge is 2.25. The molecular formula is C31H34. The first kappa shape index (κ1) is 20.3. The maximum atomic E-state index is 2.45. The molecule has 0 heteroatoms. The minimum Gasteiger partial charge on any atom is -0.0722 e. The van der Waals surface area contributed by atoms with Gasteiger partial charge in [-0.1, -0.05) is 93.4 Å². The zero-order valence-corrected chi connectivity index (χ0v) is 19.2. The van der Waals surface area contributed by atoms with Gasteiger partial charge < -0.3 is 0 Å². The smallest absolute Gasteiger partial charge is 0.00791 e. The number of hydrogen-bond donors (Lipinski definition) is 0. The Balaban J connectivity index is 1.77. The van der Waals surface area contributed by atoms with Crippen molar-refractivity contribution in [2.75, 3.05) is 0 Å². The lowest BCUT2D eigenvalue weighted by Crippen LogP contribution is -2.28. The van der Waals surface area contributed by atoms with Gasteiger partial charge in [0.25, 0.3) is 0 Å². The second kappa shape index (κ2) is 8.50. The van der Waals surface area contributed by atoms with Crippen LogP contribution in [0, 0.1) is 29.2 Å². The Morgan fingerprint density at radius 3 is 2.48 bits per heavy atom. The second-order valence-electron chi connectivity index (χ2n) is 9.67. The first-order chi connectivity index (χ1) is 15.2. The van der Waals surface area contributed by atoms with E-state index in [0.29, 0.717) is 5.92 Å². The number of rotatable bonds is 5. The molecule has 158 valence electrons. The normalized spacial score (nSPS) is 17.9. The molecule has 0 spiro atoms. The molecule has 5 rings (SSSR count). The molecule has 0 saturated heterocycles. The number of benzene rings is 3. The molecule has 0 N–H and O–H groups in total. The summed E-state index contributed by atoms with van der Waals surface area (Å²) in [6, 6.07) is 22.8. The minimum atomic E-state index is 0.667. The van der Waals surface area contributed by atoms with Crippen molar-refractivity contribution in [3.05, 3.63) is 104 Å². The summed E-state index contributed by atoms with van der Waals surface area (Å²) in [7, 11) is 0. The minimum absolute atomic E-state index is 0.667. The Labute approximate surface area is 186 Å². The Bertz CT molecular complexity index is 1330. The molecule has 3 aromatic carbocycles. The molecule has 0 aliphatic heterocycles. The maximum absolute atomic E-state index is 2.45. The molecule has 0 nitrogen and oxygen atoms in total. The van der Waals surface area contributed by atoms with E-state index in [9.17, 15) is 0 Å². The van der Waals surface area contributed by atoms with Gasteiger partial charge in [0.05, 0.1) is 0 Å². The lowest BCUT2D eigenvalue weighted by molar-refractivity contribution is 0.433. The van der Waals surface area contributed by atoms with Crippen LogP contribution in [-0.2, 0) is 12.8 Å². The lowest BCUT2D eigenvalue weighted by atomic mass is 9.75. The van der Waals surface area contributed by atoms with Crippen molar-refractivity contribution >= 4 is 11.6 Å². The van der Waals surface area contributed by atoms with Crippen LogP contribution in [0.4, 0.5) is 0 Å². The van der Waals surface area contributed by atoms with Crippen LogP contribution in [0.2, 0.25) is 0 Å². The summed E-state index contributed by atoms with van der Waals surface area (Å²) in [4.78, 5) is 0. The molecule has 2 unspecified atom stereocenters. The van der Waals surface area contributed by atoms with Crippen LogP contribution in [0.5, 0.6) is 0 Å². The monoisotopic (exact) mass is 406 g/mol. The molecule has 2 aliphatic carbocycles. The van der Waals surface area contributed by atoms with Gasteiger partial charge in [-0.05, 0) is 93.1 Å². The van der Waals surface area contributed by atoms with Crippen molar-refractivity contribution in [3.8, 4) is 0 Å². The standard InChI is InChI=1S/C31H34/c1-4-21(2)13-14-24-16-18-29-28-17-15-23-10-6-8-12-26(23)27(28)19-20-30(29)31(24)25-11-7-5-9-22(25)3/h5-12,15,19-21,24H,4,13-14,16-18H2,1-3H3. The largest absolute Gasteiger partial charge is 0.0722 e. The summed E-state index contributed by atoms with van der Waals surface area (Å²) < 4.78 is 0. The van der Waals surface area contributed by atoms with Crippen LogP contribution >= 0.6 is 0 Å². The van der Waals surface area contributed by atoms with E-state index in [1.54, 1.807) is 16.7 Å². The number of aryl methyl sites for hydroxylation is 1. The predicted molar refractivity (Wildman–Crippen MR) is 132 cm³/mol. The predicted octanol–water partition coefficient (Wildman–Crippen LogP) is 6.21. The third-order valence-corrected chi connectivity index (χ3v) is 7.79. The van der Waals surface area contributed by atoms with Gasteiger partial charge in [0.2, 0.25) is 0 Å². The fraction of sp³-hybridized carbons (Fsp3) is 0.355. The topological polar surface area (TPSA) is 0 Å². The van der Waals surface area contributed by atoms with Gasteiger partial charge in [0.15, 0.2) is 0 Å². The number of hydrogen-bond acceptors (Lipinski definition) is 0. The van der Waals surface area contributed by atoms with E-state index in [1.807, 2.05) is 0 Å². The zero-order chi connectivity index (χ0) is 21.4. The Morgan fingerprint density at radius 2 is 1.65 bits per heavy atom. The van der Waals surface area contributed by atoms with E-state index in [0.717, 1.165) is 12.3 Å². The van der Waals surface area contributed by atoms with Crippen molar-refractivity contribution in [2.45, 2.75) is 59.3 Å². The van der Waals surface area contributed by atoms with E-state index < -0.39 is 0 Å². The highest BCUT2D eigenvalue weighted by molar-refractivity contribution is 5.72. The van der Waals surface area contributed by atoms with Crippen molar-refractivity contribution in [1.82, 2.24) is 0 Å². The van der Waals surface area contributed by atoms with E-state index in [2.05, 4.69) is 87.5 Å². The summed E-state index contributed by atoms with van der Waals surface area (Å²) in [6.45, 7) is 7.02. The van der Waals surface area contributed by atoms with Crippen LogP contribution in [0.1, 0.15) is 61.8 Å². The summed E-state index contributed by atoms with van der Waals surface area (Å²) >= 11 is 0. The zero-order valence-electron chi connectivity index (χ0n) is 19.2. The maximum Gasteiger partial charge on any atom is -0.00791 e. The Hall–Kier alpha value is -2.60. The van der Waals surface area contributed by atoms with Gasteiger partial charge in [0.1, 0.15) is 0 Å². The van der Waals surface area contributed by atoms with Crippen molar-refractivity contribution in [2.24, 2.45) is 11.8 Å². The molecule has 2 atom stereocenters. The summed E-state index contributed by atoms with van der Waals surface area (Å²) in [5.41, 5.74) is 7.68. The fourth-order valence-electron chi connectivity index (χ4n) is 5.75. The summed E-state index contributed by atoms with van der Waals surface area (Å²) in [5.74, 6) is 1.48. The average Bonchev–Trinajstić information content (AvgIpc) is 2.82. The van der Waals surface area contributed by atoms with Gasteiger partial charge >= 0.3 is 0 Å². The molecule has 0 saturated carbocycles. The van der Waals surface area contributed by atoms with Crippen LogP contribution in [-0.4, -0.2) is 0 Å². The van der Waals surface area contributed by atoms with Crippen molar-refractivity contribution < 1.29 is 0 Å². The fourth-order valence-corrected chi connectivity index (χ4v) is 5.75. The summed E-state index contributed by atoms with van der Waals surface area (Å²) in [6.07, 6.45) is 9.92. The van der Waals surface area contributed by atoms with Crippen LogP contribution in [0.3, 0.4) is 0 Å². The van der Waals surface area contributed by atoms with Crippen LogP contribution < -0.4 is 10.4 Å². The SMILES string of the molecule is CCC(C)CCC1CCc2c3c(ccc2=C1c1ccccc1C)=c1ccccc1=CC3. The van der Waals surface area contributed by atoms with Gasteiger partial charge in [-0.15, -0.1) is 0 Å². The second-order valence-corrected chi connectivity index (χ2v) is 9.67. The molecule has 0 radical (unpaired) electrons. The van der Waals surface area contributed by atoms with Gasteiger partial charge in [-0.2, -0.15) is 0 Å². The molecule has 3 aromatic rings. The average molecular weight is 407 g/mol. The molecule has 0 amide bonds. The van der Waals surface area contributed by atoms with E-state index in [-0.39, 0.29) is 0 Å². The highest BCUT2D eigenvalue weighted by atomic mass is 14.3. The van der Waals surface area contributed by atoms with Crippen molar-refractivity contribution in [1.29, 1.82) is 0 Å². The van der Waals surface area contributed by atoms with Crippen LogP contribution in [0.15, 0.2) is 60.7 Å². The van der Waals surface area contributed by atoms with Crippen molar-refractivity contribution in [3.63, 3.8) is 0 Å². The molecule has 0 bridgehead atoms. The third kappa shape index (κ3) is 3.67. The van der Waals surface area contributed by atoms with Gasteiger partial charge in [-0.3, -0.25) is 0 Å². The molecule has 0 heterocycles. The van der Waals surface area contributed by atoms with E-state index in [4.69, 9.17) is 0 Å². The van der Waals surface area contributed by atoms with E-state index in [1.165, 1.54) is 64.1 Å². The van der Waals surface area contributed by atoms with E-state index >= 15 is 0 Å². The highest BCUT2D eigenvalue weighted by Crippen LogP contribution is 2.35. The lowest BCUT2D eigenvalue weighted by Gasteiger charge is -2.30. The molecular weight excluding hydrogens is 372 g/mol. The molecule has 0 aromatic heterocycles. The summed E-state index contributed by atoms with van der Waals surface area (Å²) in [5, 5.41) is 5.78. The first-order valence-corrected chi connectivity index (χ1v) is 12.2. The number of fused-ring (bicyclic) bond motifs is 4. The third-order valence-electron chi connectivity index (χ3n) is 7.79.